The number of unbranched alkanes of at least 4 members (excludes halogenated alkanes) is 12. The number of hydrogen-bond acceptors (Lipinski definition) is 2. The van der Waals surface area contributed by atoms with Crippen LogP contribution in [0.1, 0.15) is 99.4 Å². The van der Waals surface area contributed by atoms with Gasteiger partial charge in [-0.2, -0.15) is 0 Å². The second-order valence-electron chi connectivity index (χ2n) is 7.07. The van der Waals surface area contributed by atoms with E-state index >= 15 is 0 Å². The Morgan fingerprint density at radius 3 is 1.44 bits per heavy atom. The summed E-state index contributed by atoms with van der Waals surface area (Å²) in [6.07, 6.45) is 17.7. The molecule has 0 unspecified atom stereocenters. The van der Waals surface area contributed by atoms with Gasteiger partial charge in [0.05, 0.1) is 5.56 Å². The number of rotatable bonds is 16. The Kier molecular flexibility index (Phi) is 13.0. The van der Waals surface area contributed by atoms with Crippen molar-refractivity contribution < 1.29 is 15.0 Å². The average molecular weight is 349 g/mol. The number of aryl methyl sites for hydroxylation is 1. The highest BCUT2D eigenvalue weighted by Crippen LogP contribution is 2.14. The molecule has 0 heterocycles. The summed E-state index contributed by atoms with van der Waals surface area (Å²) in [7, 11) is 0. The largest absolute Gasteiger partial charge is 0.478 e. The number of hydrogen-bond donors (Lipinski definition) is 2. The minimum Gasteiger partial charge on any atom is -0.478 e. The number of benzene rings is 1. The lowest BCUT2D eigenvalue weighted by Gasteiger charge is -2.04. The smallest absolute Gasteiger partial charge is 0.335 e. The molecule has 1 aromatic carbocycles. The molecule has 0 amide bonds. The summed E-state index contributed by atoms with van der Waals surface area (Å²) in [6, 6.07) is 7.27. The van der Waals surface area contributed by atoms with Crippen molar-refractivity contribution in [1.82, 2.24) is 0 Å². The van der Waals surface area contributed by atoms with Gasteiger partial charge < -0.3 is 10.2 Å². The fourth-order valence-corrected chi connectivity index (χ4v) is 3.20. The highest BCUT2D eigenvalue weighted by atomic mass is 16.4. The van der Waals surface area contributed by atoms with Crippen molar-refractivity contribution >= 4 is 5.97 Å². The van der Waals surface area contributed by atoms with E-state index in [-0.39, 0.29) is 0 Å². The Balaban J connectivity index is 1.85. The van der Waals surface area contributed by atoms with Gasteiger partial charge in [0.2, 0.25) is 0 Å². The molecule has 0 aliphatic carbocycles. The number of aliphatic hydroxyl groups excluding tert-OH is 1. The van der Waals surface area contributed by atoms with Crippen LogP contribution in [-0.2, 0) is 6.42 Å². The van der Waals surface area contributed by atoms with Crippen LogP contribution in [0.15, 0.2) is 24.3 Å². The summed E-state index contributed by atoms with van der Waals surface area (Å²) in [4.78, 5) is 10.8. The van der Waals surface area contributed by atoms with Crippen LogP contribution in [0.4, 0.5) is 0 Å². The summed E-state index contributed by atoms with van der Waals surface area (Å²) >= 11 is 0. The van der Waals surface area contributed by atoms with Gasteiger partial charge in [0.25, 0.3) is 0 Å². The van der Waals surface area contributed by atoms with Crippen LogP contribution in [-0.4, -0.2) is 22.8 Å². The lowest BCUT2D eigenvalue weighted by atomic mass is 10.0. The van der Waals surface area contributed by atoms with Gasteiger partial charge in [0, 0.05) is 6.61 Å². The van der Waals surface area contributed by atoms with Crippen LogP contribution in [0.3, 0.4) is 0 Å². The highest BCUT2D eigenvalue weighted by Gasteiger charge is 2.01. The molecule has 0 aliphatic rings. The van der Waals surface area contributed by atoms with E-state index in [1.807, 2.05) is 12.1 Å². The molecule has 0 saturated carbocycles. The fourth-order valence-electron chi connectivity index (χ4n) is 3.20. The first-order valence-electron chi connectivity index (χ1n) is 10.2. The molecule has 3 nitrogen and oxygen atoms in total. The molecule has 0 aromatic heterocycles. The Morgan fingerprint density at radius 1 is 0.640 bits per heavy atom. The molecule has 25 heavy (non-hydrogen) atoms. The zero-order chi connectivity index (χ0) is 18.2. The van der Waals surface area contributed by atoms with Crippen molar-refractivity contribution in [2.75, 3.05) is 6.61 Å². The molecule has 0 spiro atoms. The molecular formula is C22H36O3. The third-order valence-electron chi connectivity index (χ3n) is 4.82. The van der Waals surface area contributed by atoms with E-state index in [2.05, 4.69) is 0 Å². The normalized spacial score (nSPS) is 10.9. The second-order valence-corrected chi connectivity index (χ2v) is 7.07. The molecular weight excluding hydrogens is 312 g/mol. The van der Waals surface area contributed by atoms with E-state index in [0.717, 1.165) is 12.8 Å². The van der Waals surface area contributed by atoms with E-state index in [4.69, 9.17) is 10.2 Å². The minimum absolute atomic E-state index is 0.344. The van der Waals surface area contributed by atoms with E-state index in [1.54, 1.807) is 12.1 Å². The third kappa shape index (κ3) is 11.8. The lowest BCUT2D eigenvalue weighted by molar-refractivity contribution is 0.0697. The monoisotopic (exact) mass is 348 g/mol. The average Bonchev–Trinajstić information content (AvgIpc) is 2.62. The molecule has 2 N–H and O–H groups in total. The van der Waals surface area contributed by atoms with Crippen LogP contribution in [0, 0.1) is 0 Å². The van der Waals surface area contributed by atoms with Crippen molar-refractivity contribution in [2.45, 2.75) is 89.9 Å². The number of carboxylic acids is 1. The molecule has 0 bridgehead atoms. The summed E-state index contributed by atoms with van der Waals surface area (Å²) in [6.45, 7) is 0.344. The summed E-state index contributed by atoms with van der Waals surface area (Å²) in [5.41, 5.74) is 1.61. The van der Waals surface area contributed by atoms with Crippen LogP contribution >= 0.6 is 0 Å². The zero-order valence-electron chi connectivity index (χ0n) is 15.7. The van der Waals surface area contributed by atoms with Gasteiger partial charge in [0.1, 0.15) is 0 Å². The molecule has 1 rings (SSSR count). The second kappa shape index (κ2) is 14.9. The predicted molar refractivity (Wildman–Crippen MR) is 104 cm³/mol. The van der Waals surface area contributed by atoms with E-state index < -0.39 is 5.97 Å². The van der Waals surface area contributed by atoms with Gasteiger partial charge in [-0.05, 0) is 37.0 Å². The summed E-state index contributed by atoms with van der Waals surface area (Å²) in [5, 5.41) is 17.6. The maximum Gasteiger partial charge on any atom is 0.335 e. The Morgan fingerprint density at radius 2 is 1.04 bits per heavy atom. The Bertz CT molecular complexity index is 439. The van der Waals surface area contributed by atoms with Gasteiger partial charge in [-0.3, -0.25) is 0 Å². The summed E-state index contributed by atoms with van der Waals surface area (Å²) < 4.78 is 0. The van der Waals surface area contributed by atoms with Crippen LogP contribution in [0.25, 0.3) is 0 Å². The van der Waals surface area contributed by atoms with Crippen molar-refractivity contribution in [2.24, 2.45) is 0 Å². The van der Waals surface area contributed by atoms with Crippen molar-refractivity contribution in [3.63, 3.8) is 0 Å². The quantitative estimate of drug-likeness (QED) is 0.361. The van der Waals surface area contributed by atoms with Gasteiger partial charge in [-0.15, -0.1) is 0 Å². The number of aromatic carboxylic acids is 1. The van der Waals surface area contributed by atoms with E-state index in [9.17, 15) is 4.79 Å². The Labute approximate surface area is 153 Å². The lowest BCUT2D eigenvalue weighted by Crippen LogP contribution is -1.96. The molecule has 3 heteroatoms. The summed E-state index contributed by atoms with van der Waals surface area (Å²) in [5.74, 6) is -0.853. The number of aliphatic hydroxyl groups is 1. The van der Waals surface area contributed by atoms with Crippen molar-refractivity contribution in [3.05, 3.63) is 35.4 Å². The third-order valence-corrected chi connectivity index (χ3v) is 4.82. The van der Waals surface area contributed by atoms with Crippen LogP contribution in [0.5, 0.6) is 0 Å². The maximum absolute atomic E-state index is 10.8. The first kappa shape index (κ1) is 21.7. The van der Waals surface area contributed by atoms with Gasteiger partial charge >= 0.3 is 5.97 Å². The molecule has 1 aromatic rings. The number of carboxylic acid groups (broad SMARTS) is 1. The standard InChI is InChI=1S/C22H36O3/c23-19-13-11-9-7-5-3-1-2-4-6-8-10-12-14-20-15-17-21(18-16-20)22(24)25/h15-18,23H,1-14,19H2,(H,24,25). The van der Waals surface area contributed by atoms with Gasteiger partial charge in [0.15, 0.2) is 0 Å². The molecule has 0 atom stereocenters. The molecule has 0 radical (unpaired) electrons. The molecule has 0 saturated heterocycles. The maximum atomic E-state index is 10.8. The molecule has 142 valence electrons. The number of carbonyl (C=O) groups is 1. The zero-order valence-corrected chi connectivity index (χ0v) is 15.7. The highest BCUT2D eigenvalue weighted by molar-refractivity contribution is 5.87. The fraction of sp³-hybridized carbons (Fsp3) is 0.682. The van der Waals surface area contributed by atoms with Crippen molar-refractivity contribution in [3.8, 4) is 0 Å². The van der Waals surface area contributed by atoms with Gasteiger partial charge in [-0.25, -0.2) is 4.79 Å². The first-order chi connectivity index (χ1) is 12.2. The van der Waals surface area contributed by atoms with E-state index in [1.165, 1.54) is 82.6 Å². The SMILES string of the molecule is O=C(O)c1ccc(CCCCCCCCCCCCCCCO)cc1. The van der Waals surface area contributed by atoms with Crippen molar-refractivity contribution in [1.29, 1.82) is 0 Å². The Hall–Kier alpha value is -1.35. The van der Waals surface area contributed by atoms with Crippen LogP contribution < -0.4 is 0 Å². The molecule has 0 fully saturated rings. The topological polar surface area (TPSA) is 57.5 Å². The minimum atomic E-state index is -0.853. The van der Waals surface area contributed by atoms with E-state index in [0.29, 0.717) is 12.2 Å². The predicted octanol–water partition coefficient (Wildman–Crippen LogP) is 5.99. The molecule has 0 aliphatic heterocycles. The van der Waals surface area contributed by atoms with Gasteiger partial charge in [-0.1, -0.05) is 82.8 Å². The van der Waals surface area contributed by atoms with Crippen LogP contribution in [0.2, 0.25) is 0 Å². The first-order valence-corrected chi connectivity index (χ1v) is 10.2.